The third-order valence-corrected chi connectivity index (χ3v) is 4.72. The topological polar surface area (TPSA) is 58.3 Å². The predicted octanol–water partition coefficient (Wildman–Crippen LogP) is 4.44. The molecule has 6 nitrogen and oxygen atoms in total. The Morgan fingerprint density at radius 1 is 1.21 bits per heavy atom. The van der Waals surface area contributed by atoms with Gasteiger partial charge in [-0.05, 0) is 37.1 Å². The van der Waals surface area contributed by atoms with Crippen LogP contribution in [0.5, 0.6) is 0 Å². The highest BCUT2D eigenvalue weighted by molar-refractivity contribution is 14.0. The van der Waals surface area contributed by atoms with Gasteiger partial charge >= 0.3 is 0 Å². The predicted molar refractivity (Wildman–Crippen MR) is 129 cm³/mol. The van der Waals surface area contributed by atoms with Gasteiger partial charge in [-0.2, -0.15) is 0 Å². The molecule has 8 heteroatoms. The Labute approximate surface area is 194 Å². The van der Waals surface area contributed by atoms with Crippen LogP contribution in [-0.2, 0) is 13.1 Å². The number of nitrogens with zero attached hydrogens (tertiary/aromatic N) is 5. The first-order valence-electron chi connectivity index (χ1n) is 9.26. The second-order valence-electron chi connectivity index (χ2n) is 6.49. The van der Waals surface area contributed by atoms with Crippen LogP contribution in [0.15, 0.2) is 60.0 Å². The molecule has 3 aromatic rings. The summed E-state index contributed by atoms with van der Waals surface area (Å²) in [5.74, 6) is 2.59. The van der Waals surface area contributed by atoms with Crippen molar-refractivity contribution in [3.8, 4) is 5.82 Å². The zero-order valence-electron chi connectivity index (χ0n) is 16.8. The zero-order chi connectivity index (χ0) is 19.9. The number of hydrogen-bond donors (Lipinski definition) is 1. The fraction of sp³-hybridized carbons (Fsp3) is 0.286. The van der Waals surface area contributed by atoms with Gasteiger partial charge in [0, 0.05) is 43.8 Å². The Hall–Kier alpha value is -2.13. The van der Waals surface area contributed by atoms with Crippen molar-refractivity contribution < 1.29 is 0 Å². The number of halogens is 2. The van der Waals surface area contributed by atoms with Crippen molar-refractivity contribution in [3.05, 3.63) is 77.0 Å². The van der Waals surface area contributed by atoms with Crippen molar-refractivity contribution in [2.75, 3.05) is 13.6 Å². The van der Waals surface area contributed by atoms with E-state index in [0.717, 1.165) is 40.3 Å². The highest BCUT2D eigenvalue weighted by Gasteiger charge is 2.09. The van der Waals surface area contributed by atoms with Crippen molar-refractivity contribution in [2.24, 2.45) is 4.99 Å². The molecule has 0 saturated carbocycles. The van der Waals surface area contributed by atoms with E-state index in [1.807, 2.05) is 67.3 Å². The van der Waals surface area contributed by atoms with Crippen LogP contribution in [0.2, 0.25) is 5.02 Å². The number of aryl methyl sites for hydroxylation is 1. The highest BCUT2D eigenvalue weighted by Crippen LogP contribution is 2.16. The number of aliphatic imine (C=N–C) groups is 1. The van der Waals surface area contributed by atoms with Gasteiger partial charge in [-0.25, -0.2) is 15.0 Å². The van der Waals surface area contributed by atoms with Crippen LogP contribution < -0.4 is 5.32 Å². The molecular formula is C21H26ClIN6. The quantitative estimate of drug-likeness (QED) is 0.294. The summed E-state index contributed by atoms with van der Waals surface area (Å²) in [5, 5.41) is 4.10. The SMILES string of the molecule is CCNC(=NCc1ccc(-n2ccnc2C)nc1)N(C)Cc1ccccc1Cl.I. The second-order valence-corrected chi connectivity index (χ2v) is 6.89. The van der Waals surface area contributed by atoms with E-state index in [-0.39, 0.29) is 24.0 Å². The number of hydrogen-bond acceptors (Lipinski definition) is 3. The minimum atomic E-state index is 0. The zero-order valence-corrected chi connectivity index (χ0v) is 19.9. The smallest absolute Gasteiger partial charge is 0.194 e. The maximum absolute atomic E-state index is 6.29. The lowest BCUT2D eigenvalue weighted by Crippen LogP contribution is -2.38. The molecule has 0 atom stereocenters. The summed E-state index contributed by atoms with van der Waals surface area (Å²) in [6, 6.07) is 11.9. The first-order chi connectivity index (χ1) is 13.6. The van der Waals surface area contributed by atoms with E-state index in [4.69, 9.17) is 16.6 Å². The molecule has 0 unspecified atom stereocenters. The fourth-order valence-electron chi connectivity index (χ4n) is 2.87. The van der Waals surface area contributed by atoms with Gasteiger partial charge in [0.05, 0.1) is 6.54 Å². The second kappa shape index (κ2) is 11.2. The molecule has 2 heterocycles. The maximum atomic E-state index is 6.29. The number of imidazole rings is 1. The Balaban J connectivity index is 0.00000300. The Kier molecular flexibility index (Phi) is 8.91. The lowest BCUT2D eigenvalue weighted by molar-refractivity contribution is 0.477. The van der Waals surface area contributed by atoms with Crippen LogP contribution in [0.1, 0.15) is 23.9 Å². The van der Waals surface area contributed by atoms with Crippen molar-refractivity contribution in [1.29, 1.82) is 0 Å². The van der Waals surface area contributed by atoms with Crippen LogP contribution in [0.4, 0.5) is 0 Å². The van der Waals surface area contributed by atoms with Crippen molar-refractivity contribution in [2.45, 2.75) is 26.9 Å². The van der Waals surface area contributed by atoms with Crippen LogP contribution in [-0.4, -0.2) is 39.0 Å². The molecule has 0 spiro atoms. The summed E-state index contributed by atoms with van der Waals surface area (Å²) in [6.07, 6.45) is 5.53. The third kappa shape index (κ3) is 6.17. The minimum absolute atomic E-state index is 0. The maximum Gasteiger partial charge on any atom is 0.194 e. The Morgan fingerprint density at radius 3 is 2.62 bits per heavy atom. The molecule has 1 N–H and O–H groups in total. The van der Waals surface area contributed by atoms with Crippen LogP contribution in [0.25, 0.3) is 5.82 Å². The van der Waals surface area contributed by atoms with Gasteiger partial charge in [-0.1, -0.05) is 35.9 Å². The molecule has 1 aromatic carbocycles. The first kappa shape index (κ1) is 23.2. The lowest BCUT2D eigenvalue weighted by atomic mass is 10.2. The summed E-state index contributed by atoms with van der Waals surface area (Å²) in [4.78, 5) is 15.6. The largest absolute Gasteiger partial charge is 0.357 e. The molecule has 3 rings (SSSR count). The Morgan fingerprint density at radius 2 is 2.00 bits per heavy atom. The van der Waals surface area contributed by atoms with E-state index in [9.17, 15) is 0 Å². The number of rotatable bonds is 6. The number of pyridine rings is 1. The summed E-state index contributed by atoms with van der Waals surface area (Å²) < 4.78 is 1.95. The summed E-state index contributed by atoms with van der Waals surface area (Å²) >= 11 is 6.29. The van der Waals surface area contributed by atoms with E-state index < -0.39 is 0 Å². The van der Waals surface area contributed by atoms with Crippen molar-refractivity contribution in [3.63, 3.8) is 0 Å². The third-order valence-electron chi connectivity index (χ3n) is 4.35. The molecule has 29 heavy (non-hydrogen) atoms. The van der Waals surface area contributed by atoms with Gasteiger partial charge in [-0.3, -0.25) is 4.57 Å². The Bertz CT molecular complexity index is 938. The van der Waals surface area contributed by atoms with E-state index in [2.05, 4.69) is 27.1 Å². The number of nitrogens with one attached hydrogen (secondary N) is 1. The number of guanidine groups is 1. The van der Waals surface area contributed by atoms with Crippen molar-refractivity contribution in [1.82, 2.24) is 24.8 Å². The standard InChI is InChI=1S/C21H25ClN6.HI/c1-4-23-21(27(3)15-18-7-5-6-8-19(18)22)26-14-17-9-10-20(25-13-17)28-12-11-24-16(28)2;/h5-13H,4,14-15H2,1-3H3,(H,23,26);1H. The number of benzene rings is 1. The molecule has 0 radical (unpaired) electrons. The van der Waals surface area contributed by atoms with E-state index >= 15 is 0 Å². The van der Waals surface area contributed by atoms with Crippen LogP contribution in [0, 0.1) is 6.92 Å². The van der Waals surface area contributed by atoms with E-state index in [1.54, 1.807) is 6.20 Å². The van der Waals surface area contributed by atoms with Gasteiger partial charge in [0.25, 0.3) is 0 Å². The number of aromatic nitrogens is 3. The van der Waals surface area contributed by atoms with E-state index in [1.165, 1.54) is 0 Å². The molecule has 0 fully saturated rings. The van der Waals surface area contributed by atoms with Gasteiger partial charge in [0.2, 0.25) is 0 Å². The molecule has 0 aliphatic carbocycles. The lowest BCUT2D eigenvalue weighted by Gasteiger charge is -2.22. The molecule has 0 amide bonds. The van der Waals surface area contributed by atoms with Gasteiger partial charge < -0.3 is 10.2 Å². The molecule has 0 aliphatic heterocycles. The van der Waals surface area contributed by atoms with Crippen LogP contribution >= 0.6 is 35.6 Å². The normalized spacial score (nSPS) is 11.1. The molecular weight excluding hydrogens is 499 g/mol. The average Bonchev–Trinajstić information content (AvgIpc) is 3.13. The highest BCUT2D eigenvalue weighted by atomic mass is 127. The summed E-state index contributed by atoms with van der Waals surface area (Å²) in [7, 11) is 2.01. The molecule has 154 valence electrons. The molecule has 0 saturated heterocycles. The van der Waals surface area contributed by atoms with E-state index in [0.29, 0.717) is 13.1 Å². The fourth-order valence-corrected chi connectivity index (χ4v) is 3.06. The van der Waals surface area contributed by atoms with Gasteiger partial charge in [-0.15, -0.1) is 24.0 Å². The monoisotopic (exact) mass is 524 g/mol. The molecule has 0 aliphatic rings. The van der Waals surface area contributed by atoms with Gasteiger partial charge in [0.15, 0.2) is 5.96 Å². The molecule has 0 bridgehead atoms. The summed E-state index contributed by atoms with van der Waals surface area (Å²) in [6.45, 7) is 6.04. The summed E-state index contributed by atoms with van der Waals surface area (Å²) in [5.41, 5.74) is 2.11. The van der Waals surface area contributed by atoms with Crippen molar-refractivity contribution >= 4 is 41.5 Å². The minimum Gasteiger partial charge on any atom is -0.357 e. The van der Waals surface area contributed by atoms with Crippen LogP contribution in [0.3, 0.4) is 0 Å². The molecule has 2 aromatic heterocycles. The first-order valence-corrected chi connectivity index (χ1v) is 9.64. The average molecular weight is 525 g/mol. The van der Waals surface area contributed by atoms with Gasteiger partial charge in [0.1, 0.15) is 11.6 Å².